The van der Waals surface area contributed by atoms with Crippen molar-refractivity contribution in [3.05, 3.63) is 142 Å². The molecule has 3 aromatic carbocycles. The molecule has 0 unspecified atom stereocenters. The fraction of sp³-hybridized carbons (Fsp3) is 0.0769. The fourth-order valence-electron chi connectivity index (χ4n) is 3.69. The molecule has 0 aliphatic carbocycles. The van der Waals surface area contributed by atoms with Gasteiger partial charge in [0.25, 0.3) is 0 Å². The van der Waals surface area contributed by atoms with E-state index in [4.69, 9.17) is 0 Å². The Bertz CT molecular complexity index is 893. The molecule has 0 N–H and O–H groups in total. The lowest BCUT2D eigenvalue weighted by molar-refractivity contribution is 0.741. The average molecular weight is 462 g/mol. The Hall–Kier alpha value is -2.39. The number of allylic oxidation sites excluding steroid dienone is 5. The molecule has 134 valence electrons. The van der Waals surface area contributed by atoms with Gasteiger partial charge in [0, 0.05) is 3.57 Å². The van der Waals surface area contributed by atoms with Gasteiger partial charge in [-0.3, -0.25) is 0 Å². The first kappa shape index (κ1) is 19.4. The van der Waals surface area contributed by atoms with Gasteiger partial charge in [0.15, 0.2) is 0 Å². The number of halogens is 1. The predicted molar refractivity (Wildman–Crippen MR) is 125 cm³/mol. The second kappa shape index (κ2) is 9.01. The van der Waals surface area contributed by atoms with Gasteiger partial charge in [-0.05, 0) is 63.9 Å². The van der Waals surface area contributed by atoms with Crippen molar-refractivity contribution in [3.8, 4) is 0 Å². The van der Waals surface area contributed by atoms with Crippen LogP contribution in [-0.4, -0.2) is 0 Å². The van der Waals surface area contributed by atoms with Crippen LogP contribution in [0.1, 0.15) is 23.6 Å². The highest BCUT2D eigenvalue weighted by atomic mass is 127. The zero-order valence-corrected chi connectivity index (χ0v) is 17.6. The topological polar surface area (TPSA) is 0 Å². The zero-order chi connectivity index (χ0) is 19.1. The average Bonchev–Trinajstić information content (AvgIpc) is 2.73. The van der Waals surface area contributed by atoms with Gasteiger partial charge in [-0.15, -0.1) is 0 Å². The van der Waals surface area contributed by atoms with Crippen LogP contribution in [0.3, 0.4) is 0 Å². The number of rotatable bonds is 6. The third kappa shape index (κ3) is 3.84. The number of hydrogen-bond donors (Lipinski definition) is 0. The van der Waals surface area contributed by atoms with Crippen molar-refractivity contribution in [3.63, 3.8) is 0 Å². The smallest absolute Gasteiger partial charge is 0.0698 e. The van der Waals surface area contributed by atoms with Gasteiger partial charge in [0.2, 0.25) is 0 Å². The molecule has 3 aromatic rings. The maximum Gasteiger partial charge on any atom is 0.0698 e. The van der Waals surface area contributed by atoms with Crippen LogP contribution in [0.25, 0.3) is 0 Å². The SMILES string of the molecule is C=C/C=C\C(=C/C)C(c1ccccc1)(c1ccccc1)c1ccc(I)cc1. The molecular formula is C26H23I. The number of hydrogen-bond acceptors (Lipinski definition) is 0. The van der Waals surface area contributed by atoms with Crippen LogP contribution < -0.4 is 0 Å². The normalized spacial score (nSPS) is 12.3. The fourth-order valence-corrected chi connectivity index (χ4v) is 4.05. The first-order chi connectivity index (χ1) is 13.2. The summed E-state index contributed by atoms with van der Waals surface area (Å²) in [5.41, 5.74) is 4.59. The van der Waals surface area contributed by atoms with E-state index >= 15 is 0 Å². The van der Waals surface area contributed by atoms with Gasteiger partial charge < -0.3 is 0 Å². The van der Waals surface area contributed by atoms with Crippen LogP contribution >= 0.6 is 22.6 Å². The van der Waals surface area contributed by atoms with Crippen molar-refractivity contribution in [2.75, 3.05) is 0 Å². The summed E-state index contributed by atoms with van der Waals surface area (Å²) in [7, 11) is 0. The molecule has 0 aliphatic heterocycles. The van der Waals surface area contributed by atoms with Gasteiger partial charge in [-0.1, -0.05) is 104 Å². The van der Waals surface area contributed by atoms with E-state index in [0.717, 1.165) is 0 Å². The van der Waals surface area contributed by atoms with Gasteiger partial charge in [-0.2, -0.15) is 0 Å². The molecule has 0 spiro atoms. The van der Waals surface area contributed by atoms with E-state index in [1.807, 2.05) is 12.2 Å². The zero-order valence-electron chi connectivity index (χ0n) is 15.5. The van der Waals surface area contributed by atoms with Crippen LogP contribution in [0.15, 0.2) is 121 Å². The van der Waals surface area contributed by atoms with E-state index in [1.54, 1.807) is 0 Å². The summed E-state index contributed by atoms with van der Waals surface area (Å²) < 4.78 is 1.23. The summed E-state index contributed by atoms with van der Waals surface area (Å²) in [4.78, 5) is 0. The first-order valence-electron chi connectivity index (χ1n) is 9.06. The summed E-state index contributed by atoms with van der Waals surface area (Å²) >= 11 is 2.36. The van der Waals surface area contributed by atoms with Crippen molar-refractivity contribution in [1.29, 1.82) is 0 Å². The monoisotopic (exact) mass is 462 g/mol. The molecule has 1 heteroatoms. The van der Waals surface area contributed by atoms with E-state index in [1.165, 1.54) is 25.8 Å². The third-order valence-electron chi connectivity index (χ3n) is 4.85. The van der Waals surface area contributed by atoms with Crippen LogP contribution in [0.5, 0.6) is 0 Å². The molecule has 0 aromatic heterocycles. The summed E-state index contributed by atoms with van der Waals surface area (Å²) in [6, 6.07) is 30.3. The van der Waals surface area contributed by atoms with E-state index in [0.29, 0.717) is 0 Å². The molecule has 0 amide bonds. The molecule has 0 atom stereocenters. The summed E-state index contributed by atoms with van der Waals surface area (Å²) in [5, 5.41) is 0. The molecule has 3 rings (SSSR count). The molecule has 0 bridgehead atoms. The second-order valence-corrected chi connectivity index (χ2v) is 7.57. The van der Waals surface area contributed by atoms with E-state index in [-0.39, 0.29) is 5.41 Å². The number of benzene rings is 3. The van der Waals surface area contributed by atoms with Crippen molar-refractivity contribution >= 4 is 22.6 Å². The minimum absolute atomic E-state index is 0.388. The molecule has 0 saturated carbocycles. The summed E-state index contributed by atoms with van der Waals surface area (Å²) in [6.45, 7) is 5.97. The van der Waals surface area contributed by atoms with Crippen LogP contribution in [0, 0.1) is 3.57 Å². The largest absolute Gasteiger partial charge is 0.0991 e. The van der Waals surface area contributed by atoms with E-state index < -0.39 is 0 Å². The summed E-state index contributed by atoms with van der Waals surface area (Å²) in [5.74, 6) is 0. The Morgan fingerprint density at radius 3 is 1.70 bits per heavy atom. The predicted octanol–water partition coefficient (Wildman–Crippen LogP) is 7.31. The molecule has 0 nitrogen and oxygen atoms in total. The van der Waals surface area contributed by atoms with Crippen molar-refractivity contribution < 1.29 is 0 Å². The molecule has 0 fully saturated rings. The summed E-state index contributed by atoms with van der Waals surface area (Å²) in [6.07, 6.45) is 8.23. The van der Waals surface area contributed by atoms with E-state index in [2.05, 4.69) is 133 Å². The van der Waals surface area contributed by atoms with Gasteiger partial charge in [0.1, 0.15) is 0 Å². The minimum atomic E-state index is -0.388. The van der Waals surface area contributed by atoms with Crippen LogP contribution in [0.2, 0.25) is 0 Å². The molecule has 0 heterocycles. The van der Waals surface area contributed by atoms with E-state index in [9.17, 15) is 0 Å². The highest BCUT2D eigenvalue weighted by Crippen LogP contribution is 2.45. The van der Waals surface area contributed by atoms with Gasteiger partial charge >= 0.3 is 0 Å². The highest BCUT2D eigenvalue weighted by molar-refractivity contribution is 14.1. The second-order valence-electron chi connectivity index (χ2n) is 6.33. The van der Waals surface area contributed by atoms with Crippen molar-refractivity contribution in [2.45, 2.75) is 12.3 Å². The van der Waals surface area contributed by atoms with Crippen LogP contribution in [-0.2, 0) is 5.41 Å². The molecule has 0 saturated heterocycles. The Balaban J connectivity index is 2.43. The lowest BCUT2D eigenvalue weighted by Gasteiger charge is -2.37. The van der Waals surface area contributed by atoms with Gasteiger partial charge in [0.05, 0.1) is 5.41 Å². The van der Waals surface area contributed by atoms with Gasteiger partial charge in [-0.25, -0.2) is 0 Å². The molecule has 27 heavy (non-hydrogen) atoms. The lowest BCUT2D eigenvalue weighted by Crippen LogP contribution is -2.31. The maximum absolute atomic E-state index is 3.86. The Labute approximate surface area is 176 Å². The minimum Gasteiger partial charge on any atom is -0.0991 e. The molecule has 0 aliphatic rings. The quantitative estimate of drug-likeness (QED) is 0.205. The highest BCUT2D eigenvalue weighted by Gasteiger charge is 2.38. The Morgan fingerprint density at radius 1 is 0.778 bits per heavy atom. The van der Waals surface area contributed by atoms with Crippen molar-refractivity contribution in [2.24, 2.45) is 0 Å². The van der Waals surface area contributed by atoms with Crippen molar-refractivity contribution in [1.82, 2.24) is 0 Å². The Morgan fingerprint density at radius 2 is 1.26 bits per heavy atom. The first-order valence-corrected chi connectivity index (χ1v) is 10.1. The standard InChI is InChI=1S/C26H23I/c1-3-5-12-21(4-2)26(22-13-8-6-9-14-22,23-15-10-7-11-16-23)24-17-19-25(27)20-18-24/h3-20H,1H2,2H3/b12-5-,21-4+. The lowest BCUT2D eigenvalue weighted by atomic mass is 9.64. The molecular weight excluding hydrogens is 439 g/mol. The van der Waals surface area contributed by atoms with Crippen LogP contribution in [0.4, 0.5) is 0 Å². The maximum atomic E-state index is 3.86. The third-order valence-corrected chi connectivity index (χ3v) is 5.57. The molecule has 0 radical (unpaired) electrons. The Kier molecular flexibility index (Phi) is 6.46.